The van der Waals surface area contributed by atoms with Crippen molar-refractivity contribution in [3.05, 3.63) is 35.1 Å². The molecule has 1 atom stereocenters. The van der Waals surface area contributed by atoms with Gasteiger partial charge in [0.25, 0.3) is 0 Å². The van der Waals surface area contributed by atoms with Crippen LogP contribution in [0.25, 0.3) is 0 Å². The van der Waals surface area contributed by atoms with Gasteiger partial charge >= 0.3 is 0 Å². The summed E-state index contributed by atoms with van der Waals surface area (Å²) in [5.74, 6) is 0.429. The Balaban J connectivity index is 3.01. The summed E-state index contributed by atoms with van der Waals surface area (Å²) in [6, 6.07) is 5.53. The fourth-order valence-electron chi connectivity index (χ4n) is 2.77. The van der Waals surface area contributed by atoms with Crippen LogP contribution in [0, 0.1) is 18.7 Å². The molecule has 1 rings (SSSR count). The molecule has 0 aliphatic heterocycles. The van der Waals surface area contributed by atoms with Crippen molar-refractivity contribution in [3.63, 3.8) is 0 Å². The predicted molar refractivity (Wildman–Crippen MR) is 76.2 cm³/mol. The lowest BCUT2D eigenvalue weighted by Crippen LogP contribution is -2.26. The summed E-state index contributed by atoms with van der Waals surface area (Å²) in [4.78, 5) is 0. The molecular weight excluding hydrogens is 225 g/mol. The van der Waals surface area contributed by atoms with E-state index >= 15 is 0 Å². The van der Waals surface area contributed by atoms with Crippen LogP contribution >= 0.6 is 0 Å². The van der Waals surface area contributed by atoms with Crippen molar-refractivity contribution in [2.45, 2.75) is 52.5 Å². The van der Waals surface area contributed by atoms with Crippen molar-refractivity contribution >= 4 is 0 Å². The fraction of sp³-hybridized carbons (Fsp3) is 0.625. The zero-order valence-electron chi connectivity index (χ0n) is 12.1. The van der Waals surface area contributed by atoms with Crippen molar-refractivity contribution in [2.75, 3.05) is 7.05 Å². The number of nitrogens with one attached hydrogen (secondary N) is 1. The maximum Gasteiger partial charge on any atom is 0.128 e. The summed E-state index contributed by atoms with van der Waals surface area (Å²) < 4.78 is 14.0. The van der Waals surface area contributed by atoms with E-state index in [0.717, 1.165) is 36.8 Å². The molecule has 18 heavy (non-hydrogen) atoms. The molecule has 0 aliphatic carbocycles. The Hall–Kier alpha value is -0.890. The van der Waals surface area contributed by atoms with Crippen LogP contribution in [0.2, 0.25) is 0 Å². The molecule has 0 radical (unpaired) electrons. The molecule has 1 nitrogen and oxygen atoms in total. The van der Waals surface area contributed by atoms with Crippen LogP contribution in [-0.2, 0) is 0 Å². The van der Waals surface area contributed by atoms with Crippen molar-refractivity contribution in [2.24, 2.45) is 5.92 Å². The van der Waals surface area contributed by atoms with Gasteiger partial charge in [-0.3, -0.25) is 0 Å². The summed E-state index contributed by atoms with van der Waals surface area (Å²) in [5.41, 5.74) is 1.95. The maximum absolute atomic E-state index is 14.0. The fourth-order valence-corrected chi connectivity index (χ4v) is 2.77. The number of rotatable bonds is 7. The monoisotopic (exact) mass is 251 g/mol. The van der Waals surface area contributed by atoms with Crippen molar-refractivity contribution in [1.29, 1.82) is 0 Å². The van der Waals surface area contributed by atoms with Crippen molar-refractivity contribution in [3.8, 4) is 0 Å². The Bertz CT molecular complexity index is 356. The van der Waals surface area contributed by atoms with Crippen LogP contribution in [0.15, 0.2) is 18.2 Å². The zero-order chi connectivity index (χ0) is 13.5. The lowest BCUT2D eigenvalue weighted by atomic mass is 9.85. The third-order valence-corrected chi connectivity index (χ3v) is 3.59. The molecule has 0 saturated heterocycles. The smallest absolute Gasteiger partial charge is 0.128 e. The minimum Gasteiger partial charge on any atom is -0.313 e. The minimum atomic E-state index is -0.0860. The maximum atomic E-state index is 14.0. The molecule has 0 amide bonds. The molecule has 1 aromatic carbocycles. The molecule has 0 fully saturated rings. The Morgan fingerprint density at radius 1 is 1.17 bits per heavy atom. The number of halogens is 1. The molecule has 1 N–H and O–H groups in total. The highest BCUT2D eigenvalue weighted by atomic mass is 19.1. The number of benzene rings is 1. The van der Waals surface area contributed by atoms with Gasteiger partial charge in [-0.25, -0.2) is 4.39 Å². The van der Waals surface area contributed by atoms with Gasteiger partial charge in [-0.15, -0.1) is 0 Å². The number of hydrogen-bond acceptors (Lipinski definition) is 1. The Morgan fingerprint density at radius 3 is 2.28 bits per heavy atom. The van der Waals surface area contributed by atoms with Crippen molar-refractivity contribution in [1.82, 2.24) is 5.32 Å². The van der Waals surface area contributed by atoms with Gasteiger partial charge in [-0.1, -0.05) is 44.4 Å². The molecular formula is C16H26FN. The molecule has 1 aromatic rings. The van der Waals surface area contributed by atoms with Gasteiger partial charge in [0.05, 0.1) is 0 Å². The molecule has 0 bridgehead atoms. The van der Waals surface area contributed by atoms with E-state index < -0.39 is 0 Å². The van der Waals surface area contributed by atoms with E-state index in [-0.39, 0.29) is 11.9 Å². The summed E-state index contributed by atoms with van der Waals surface area (Å²) >= 11 is 0. The molecule has 0 aromatic heterocycles. The molecule has 0 aliphatic rings. The minimum absolute atomic E-state index is 0.0860. The zero-order valence-corrected chi connectivity index (χ0v) is 12.1. The van der Waals surface area contributed by atoms with E-state index in [1.54, 1.807) is 6.07 Å². The average molecular weight is 251 g/mol. The van der Waals surface area contributed by atoms with E-state index in [2.05, 4.69) is 19.2 Å². The Labute approximate surface area is 111 Å². The summed E-state index contributed by atoms with van der Waals surface area (Å²) in [6.45, 7) is 6.41. The molecule has 0 spiro atoms. The van der Waals surface area contributed by atoms with Gasteiger partial charge < -0.3 is 5.32 Å². The normalized spacial score (nSPS) is 13.0. The first kappa shape index (κ1) is 15.2. The van der Waals surface area contributed by atoms with Crippen LogP contribution in [0.4, 0.5) is 4.39 Å². The lowest BCUT2D eigenvalue weighted by molar-refractivity contribution is 0.323. The largest absolute Gasteiger partial charge is 0.313 e. The van der Waals surface area contributed by atoms with Crippen molar-refractivity contribution < 1.29 is 4.39 Å². The topological polar surface area (TPSA) is 12.0 Å². The van der Waals surface area contributed by atoms with Crippen LogP contribution in [-0.4, -0.2) is 7.05 Å². The highest BCUT2D eigenvalue weighted by Gasteiger charge is 2.23. The van der Waals surface area contributed by atoms with Crippen LogP contribution in [0.5, 0.6) is 0 Å². The van der Waals surface area contributed by atoms with Gasteiger partial charge in [0, 0.05) is 11.6 Å². The van der Waals surface area contributed by atoms with Crippen LogP contribution in [0.1, 0.15) is 56.7 Å². The van der Waals surface area contributed by atoms with Gasteiger partial charge in [-0.05, 0) is 38.8 Å². The molecule has 0 heterocycles. The van der Waals surface area contributed by atoms with E-state index in [1.807, 2.05) is 26.1 Å². The quantitative estimate of drug-likeness (QED) is 0.746. The first-order valence-electron chi connectivity index (χ1n) is 7.07. The van der Waals surface area contributed by atoms with E-state index in [9.17, 15) is 4.39 Å². The SMILES string of the molecule is CCCC(CCC)C(NC)c1cc(C)ccc1F. The van der Waals surface area contributed by atoms with Gasteiger partial charge in [0.1, 0.15) is 5.82 Å². The highest BCUT2D eigenvalue weighted by Crippen LogP contribution is 2.31. The van der Waals surface area contributed by atoms with Crippen LogP contribution in [0.3, 0.4) is 0 Å². The summed E-state index contributed by atoms with van der Waals surface area (Å²) in [6.07, 6.45) is 4.59. The van der Waals surface area contributed by atoms with Gasteiger partial charge in [0.2, 0.25) is 0 Å². The van der Waals surface area contributed by atoms with E-state index in [0.29, 0.717) is 5.92 Å². The number of aryl methyl sites for hydroxylation is 1. The van der Waals surface area contributed by atoms with Gasteiger partial charge in [0.15, 0.2) is 0 Å². The second-order valence-corrected chi connectivity index (χ2v) is 5.13. The summed E-state index contributed by atoms with van der Waals surface area (Å²) in [5, 5.41) is 3.32. The second-order valence-electron chi connectivity index (χ2n) is 5.13. The molecule has 102 valence electrons. The Kier molecular flexibility index (Phi) is 6.34. The number of hydrogen-bond donors (Lipinski definition) is 1. The highest BCUT2D eigenvalue weighted by molar-refractivity contribution is 5.27. The lowest BCUT2D eigenvalue weighted by Gasteiger charge is -2.27. The Morgan fingerprint density at radius 2 is 1.78 bits per heavy atom. The standard InChI is InChI=1S/C16H26FN/c1-5-7-13(8-6-2)16(18-4)14-11-12(3)9-10-15(14)17/h9-11,13,16,18H,5-8H2,1-4H3. The third-order valence-electron chi connectivity index (χ3n) is 3.59. The van der Waals surface area contributed by atoms with E-state index in [4.69, 9.17) is 0 Å². The predicted octanol–water partition coefficient (Wildman–Crippen LogP) is 4.61. The third kappa shape index (κ3) is 3.81. The molecule has 0 saturated carbocycles. The summed E-state index contributed by atoms with van der Waals surface area (Å²) in [7, 11) is 1.94. The van der Waals surface area contributed by atoms with E-state index in [1.165, 1.54) is 0 Å². The van der Waals surface area contributed by atoms with Crippen LogP contribution < -0.4 is 5.32 Å². The van der Waals surface area contributed by atoms with Gasteiger partial charge in [-0.2, -0.15) is 0 Å². The first-order chi connectivity index (χ1) is 8.63. The average Bonchev–Trinajstić information content (AvgIpc) is 2.35. The molecule has 2 heteroatoms. The second kappa shape index (κ2) is 7.52. The first-order valence-corrected chi connectivity index (χ1v) is 7.07. The molecule has 1 unspecified atom stereocenters.